The molecular formula is C20H21NO2S2. The fourth-order valence-corrected chi connectivity index (χ4v) is 5.83. The van der Waals surface area contributed by atoms with Crippen LogP contribution in [-0.4, -0.2) is 28.6 Å². The summed E-state index contributed by atoms with van der Waals surface area (Å²) < 4.78 is 1.26. The minimum absolute atomic E-state index is 0.0243. The van der Waals surface area contributed by atoms with Crippen molar-refractivity contribution in [3.05, 3.63) is 57.1 Å². The monoisotopic (exact) mass is 371 g/mol. The minimum Gasteiger partial charge on any atom is -0.480 e. The highest BCUT2D eigenvalue weighted by molar-refractivity contribution is 7.17. The smallest absolute Gasteiger partial charge is 0.320 e. The van der Waals surface area contributed by atoms with E-state index in [9.17, 15) is 9.90 Å². The van der Waals surface area contributed by atoms with Crippen molar-refractivity contribution in [1.82, 2.24) is 4.90 Å². The van der Waals surface area contributed by atoms with Crippen molar-refractivity contribution in [3.63, 3.8) is 0 Å². The first kappa shape index (κ1) is 16.8. The van der Waals surface area contributed by atoms with Gasteiger partial charge in [-0.1, -0.05) is 24.6 Å². The number of thiophene rings is 2. The molecule has 0 aliphatic carbocycles. The highest BCUT2D eigenvalue weighted by atomic mass is 32.1. The molecule has 4 rings (SSSR count). The Morgan fingerprint density at radius 1 is 1.24 bits per heavy atom. The number of benzene rings is 1. The molecule has 1 aliphatic heterocycles. The first-order valence-electron chi connectivity index (χ1n) is 8.66. The van der Waals surface area contributed by atoms with E-state index in [2.05, 4.69) is 53.6 Å². The zero-order chi connectivity index (χ0) is 17.4. The molecule has 130 valence electrons. The lowest BCUT2D eigenvalue weighted by Gasteiger charge is -2.38. The van der Waals surface area contributed by atoms with Crippen molar-refractivity contribution >= 4 is 38.7 Å². The Hall–Kier alpha value is -1.69. The van der Waals surface area contributed by atoms with Gasteiger partial charge in [-0.2, -0.15) is 0 Å². The Bertz CT molecular complexity index is 898. The second kappa shape index (κ2) is 6.90. The van der Waals surface area contributed by atoms with Crippen molar-refractivity contribution < 1.29 is 9.90 Å². The quantitative estimate of drug-likeness (QED) is 0.676. The number of aryl methyl sites for hydroxylation is 1. The first-order chi connectivity index (χ1) is 12.1. The van der Waals surface area contributed by atoms with Crippen LogP contribution in [0.1, 0.15) is 40.6 Å². The van der Waals surface area contributed by atoms with Crippen LogP contribution in [0.3, 0.4) is 0 Å². The summed E-state index contributed by atoms with van der Waals surface area (Å²) in [6, 6.07) is 12.4. The molecule has 2 aromatic heterocycles. The summed E-state index contributed by atoms with van der Waals surface area (Å²) in [7, 11) is 0. The van der Waals surface area contributed by atoms with Crippen LogP contribution >= 0.6 is 22.7 Å². The van der Waals surface area contributed by atoms with Crippen LogP contribution in [0.15, 0.2) is 41.8 Å². The van der Waals surface area contributed by atoms with E-state index in [0.717, 1.165) is 25.8 Å². The van der Waals surface area contributed by atoms with E-state index in [0.29, 0.717) is 0 Å². The molecule has 2 atom stereocenters. The lowest BCUT2D eigenvalue weighted by Crippen LogP contribution is -2.46. The molecule has 1 fully saturated rings. The van der Waals surface area contributed by atoms with Crippen LogP contribution in [0.2, 0.25) is 0 Å². The van der Waals surface area contributed by atoms with E-state index < -0.39 is 12.0 Å². The summed E-state index contributed by atoms with van der Waals surface area (Å²) in [5.74, 6) is -0.697. The molecule has 3 aromatic rings. The van der Waals surface area contributed by atoms with Gasteiger partial charge in [0.25, 0.3) is 0 Å². The third kappa shape index (κ3) is 3.12. The highest BCUT2D eigenvalue weighted by Crippen LogP contribution is 2.42. The van der Waals surface area contributed by atoms with E-state index >= 15 is 0 Å². The van der Waals surface area contributed by atoms with E-state index in [1.54, 1.807) is 22.7 Å². The predicted octanol–water partition coefficient (Wildman–Crippen LogP) is 5.30. The SMILES string of the molecule is Cc1ccc(C(c2csc3ccccc23)N2CCCCC2C(=O)O)s1. The van der Waals surface area contributed by atoms with Crippen molar-refractivity contribution in [2.75, 3.05) is 6.54 Å². The van der Waals surface area contributed by atoms with E-state index in [-0.39, 0.29) is 6.04 Å². The maximum atomic E-state index is 11.9. The fourth-order valence-electron chi connectivity index (χ4n) is 3.83. The second-order valence-corrected chi connectivity index (χ2v) is 8.86. The van der Waals surface area contributed by atoms with Crippen molar-refractivity contribution in [2.24, 2.45) is 0 Å². The summed E-state index contributed by atoms with van der Waals surface area (Å²) in [5, 5.41) is 13.3. The maximum Gasteiger partial charge on any atom is 0.320 e. The van der Waals surface area contributed by atoms with Crippen LogP contribution in [0, 0.1) is 6.92 Å². The van der Waals surface area contributed by atoms with Gasteiger partial charge in [0, 0.05) is 14.5 Å². The average molecular weight is 372 g/mol. The van der Waals surface area contributed by atoms with Gasteiger partial charge in [-0.3, -0.25) is 9.69 Å². The Morgan fingerprint density at radius 3 is 2.84 bits per heavy atom. The lowest BCUT2D eigenvalue weighted by molar-refractivity contribution is -0.145. The largest absolute Gasteiger partial charge is 0.480 e. The number of piperidine rings is 1. The summed E-state index contributed by atoms with van der Waals surface area (Å²) in [5.41, 5.74) is 1.25. The van der Waals surface area contributed by atoms with Gasteiger partial charge >= 0.3 is 5.97 Å². The number of fused-ring (bicyclic) bond motifs is 1. The van der Waals surface area contributed by atoms with Gasteiger partial charge in [0.05, 0.1) is 6.04 Å². The third-order valence-corrected chi connectivity index (χ3v) is 7.03. The molecule has 1 aromatic carbocycles. The number of likely N-dealkylation sites (tertiary alicyclic amines) is 1. The second-order valence-electron chi connectivity index (χ2n) is 6.63. The van der Waals surface area contributed by atoms with Crippen LogP contribution in [0.25, 0.3) is 10.1 Å². The van der Waals surface area contributed by atoms with Crippen LogP contribution < -0.4 is 0 Å². The predicted molar refractivity (Wildman–Crippen MR) is 105 cm³/mol. The highest BCUT2D eigenvalue weighted by Gasteiger charge is 2.36. The molecule has 0 spiro atoms. The topological polar surface area (TPSA) is 40.5 Å². The Labute approximate surface area is 155 Å². The van der Waals surface area contributed by atoms with Gasteiger partial charge in [-0.05, 0) is 60.8 Å². The standard InChI is InChI=1S/C20H21NO2S2/c1-13-9-10-18(25-13)19(21-11-5-4-7-16(21)20(22)23)15-12-24-17-8-3-2-6-14(15)17/h2-3,6,8-10,12,16,19H,4-5,7,11H2,1H3,(H,22,23). The van der Waals surface area contributed by atoms with E-state index in [1.807, 2.05) is 0 Å². The number of hydrogen-bond acceptors (Lipinski definition) is 4. The fraction of sp³-hybridized carbons (Fsp3) is 0.350. The molecule has 3 nitrogen and oxygen atoms in total. The van der Waals surface area contributed by atoms with Gasteiger partial charge in [0.15, 0.2) is 0 Å². The van der Waals surface area contributed by atoms with Gasteiger partial charge in [0.1, 0.15) is 6.04 Å². The van der Waals surface area contributed by atoms with Crippen molar-refractivity contribution in [1.29, 1.82) is 0 Å². The molecule has 1 aliphatic rings. The molecule has 0 radical (unpaired) electrons. The van der Waals surface area contributed by atoms with Gasteiger partial charge in [-0.25, -0.2) is 0 Å². The molecule has 0 saturated carbocycles. The first-order valence-corrected chi connectivity index (χ1v) is 10.4. The molecule has 2 unspecified atom stereocenters. The minimum atomic E-state index is -0.697. The zero-order valence-corrected chi connectivity index (χ0v) is 15.8. The maximum absolute atomic E-state index is 11.9. The summed E-state index contributed by atoms with van der Waals surface area (Å²) >= 11 is 3.53. The number of carboxylic acids is 1. The van der Waals surface area contributed by atoms with Gasteiger partial charge in [-0.15, -0.1) is 22.7 Å². The molecule has 3 heterocycles. The molecule has 5 heteroatoms. The van der Waals surface area contributed by atoms with Gasteiger partial charge in [0.2, 0.25) is 0 Å². The summed E-state index contributed by atoms with van der Waals surface area (Å²) in [6.07, 6.45) is 2.79. The van der Waals surface area contributed by atoms with Crippen molar-refractivity contribution in [3.8, 4) is 0 Å². The Kier molecular flexibility index (Phi) is 4.63. The molecule has 0 bridgehead atoms. The Balaban J connectivity index is 1.86. The average Bonchev–Trinajstić information content (AvgIpc) is 3.23. The molecule has 1 saturated heterocycles. The molecule has 0 amide bonds. The number of rotatable bonds is 4. The zero-order valence-electron chi connectivity index (χ0n) is 14.1. The third-order valence-electron chi connectivity index (χ3n) is 5.00. The summed E-state index contributed by atoms with van der Waals surface area (Å²) in [4.78, 5) is 16.6. The lowest BCUT2D eigenvalue weighted by atomic mass is 9.95. The normalized spacial score (nSPS) is 20.0. The number of nitrogens with zero attached hydrogens (tertiary/aromatic N) is 1. The van der Waals surface area contributed by atoms with Crippen molar-refractivity contribution in [2.45, 2.75) is 38.3 Å². The number of carbonyl (C=O) groups is 1. The molecule has 25 heavy (non-hydrogen) atoms. The number of hydrogen-bond donors (Lipinski definition) is 1. The summed E-state index contributed by atoms with van der Waals surface area (Å²) in [6.45, 7) is 2.95. The molecular weight excluding hydrogens is 350 g/mol. The molecule has 1 N–H and O–H groups in total. The number of aliphatic carboxylic acids is 1. The van der Waals surface area contributed by atoms with Gasteiger partial charge < -0.3 is 5.11 Å². The van der Waals surface area contributed by atoms with Crippen LogP contribution in [0.5, 0.6) is 0 Å². The van der Waals surface area contributed by atoms with Crippen LogP contribution in [0.4, 0.5) is 0 Å². The van der Waals surface area contributed by atoms with E-state index in [4.69, 9.17) is 0 Å². The number of carboxylic acid groups (broad SMARTS) is 1. The van der Waals surface area contributed by atoms with E-state index in [1.165, 1.54) is 25.4 Å². The van der Waals surface area contributed by atoms with Crippen LogP contribution in [-0.2, 0) is 4.79 Å². The Morgan fingerprint density at radius 2 is 2.08 bits per heavy atom.